The van der Waals surface area contributed by atoms with Crippen LogP contribution in [0, 0.1) is 0 Å². The number of hydrogen-bond donors (Lipinski definition) is 3. The zero-order chi connectivity index (χ0) is 21.3. The van der Waals surface area contributed by atoms with E-state index in [0.717, 1.165) is 5.56 Å². The maximum absolute atomic E-state index is 12.9. The normalized spacial score (nSPS) is 23.0. The fourth-order valence-corrected chi connectivity index (χ4v) is 4.22. The molecule has 2 fully saturated rings. The summed E-state index contributed by atoms with van der Waals surface area (Å²) in [6.45, 7) is 0.277. The van der Waals surface area contributed by atoms with Crippen molar-refractivity contribution < 1.29 is 14.4 Å². The highest BCUT2D eigenvalue weighted by Gasteiger charge is 2.46. The van der Waals surface area contributed by atoms with E-state index in [1.54, 1.807) is 23.1 Å². The van der Waals surface area contributed by atoms with E-state index in [2.05, 4.69) is 16.0 Å². The van der Waals surface area contributed by atoms with Crippen LogP contribution in [-0.2, 0) is 16.0 Å². The molecule has 4 rings (SSSR count). The van der Waals surface area contributed by atoms with Crippen LogP contribution in [0.1, 0.15) is 12.0 Å². The molecule has 2 aromatic carbocycles. The Kier molecular flexibility index (Phi) is 5.83. The smallest absolute Gasteiger partial charge is 0.319 e. The Labute approximate surface area is 183 Å². The fourth-order valence-electron chi connectivity index (χ4n) is 3.89. The second kappa shape index (κ2) is 8.53. The molecule has 3 atom stereocenters. The zero-order valence-electron chi connectivity index (χ0n) is 15.9. The van der Waals surface area contributed by atoms with E-state index in [-0.39, 0.29) is 24.4 Å². The third-order valence-corrected chi connectivity index (χ3v) is 5.86. The number of rotatable bonds is 4. The van der Waals surface area contributed by atoms with Crippen molar-refractivity contribution in [1.82, 2.24) is 15.5 Å². The number of fused-ring (bicyclic) bond motifs is 1. The Morgan fingerprint density at radius 3 is 2.67 bits per heavy atom. The Hall–Kier alpha value is -2.77. The maximum Gasteiger partial charge on any atom is 0.319 e. The van der Waals surface area contributed by atoms with Crippen molar-refractivity contribution >= 4 is 46.7 Å². The van der Waals surface area contributed by atoms with Crippen molar-refractivity contribution in [3.8, 4) is 0 Å². The molecule has 2 aromatic rings. The van der Waals surface area contributed by atoms with Gasteiger partial charge in [-0.1, -0.05) is 53.5 Å². The molecule has 2 aliphatic heterocycles. The van der Waals surface area contributed by atoms with E-state index in [1.165, 1.54) is 0 Å². The van der Waals surface area contributed by atoms with Gasteiger partial charge in [0.05, 0.1) is 16.8 Å². The van der Waals surface area contributed by atoms with Crippen LogP contribution in [0.3, 0.4) is 0 Å². The molecule has 2 saturated heterocycles. The number of carbonyl (C=O) groups is 3. The summed E-state index contributed by atoms with van der Waals surface area (Å²) in [5.41, 5.74) is 1.36. The Balaban J connectivity index is 1.38. The van der Waals surface area contributed by atoms with Gasteiger partial charge in [-0.05, 0) is 30.2 Å². The predicted molar refractivity (Wildman–Crippen MR) is 115 cm³/mol. The first-order valence-corrected chi connectivity index (χ1v) is 10.3. The summed E-state index contributed by atoms with van der Waals surface area (Å²) in [5, 5.41) is 9.09. The first-order valence-electron chi connectivity index (χ1n) is 9.58. The number of urea groups is 1. The molecule has 0 radical (unpaired) electrons. The number of amides is 4. The Bertz CT molecular complexity index is 985. The summed E-state index contributed by atoms with van der Waals surface area (Å²) < 4.78 is 0. The van der Waals surface area contributed by atoms with Crippen LogP contribution >= 0.6 is 23.2 Å². The van der Waals surface area contributed by atoms with Gasteiger partial charge in [-0.2, -0.15) is 0 Å². The lowest BCUT2D eigenvalue weighted by atomic mass is 10.0. The summed E-state index contributed by atoms with van der Waals surface area (Å²) in [6, 6.07) is 12.3. The molecular weight excluding hydrogens is 427 g/mol. The second-order valence-electron chi connectivity index (χ2n) is 7.41. The van der Waals surface area contributed by atoms with E-state index in [0.29, 0.717) is 28.6 Å². The summed E-state index contributed by atoms with van der Waals surface area (Å²) in [4.78, 5) is 39.4. The van der Waals surface area contributed by atoms with Gasteiger partial charge in [0.1, 0.15) is 12.1 Å². The first kappa shape index (κ1) is 20.5. The number of nitrogens with one attached hydrogen (secondary N) is 3. The van der Waals surface area contributed by atoms with Crippen LogP contribution < -0.4 is 16.0 Å². The van der Waals surface area contributed by atoms with Crippen LogP contribution in [0.25, 0.3) is 0 Å². The summed E-state index contributed by atoms with van der Waals surface area (Å²) >= 11 is 12.0. The third-order valence-electron chi connectivity index (χ3n) is 5.30. The largest absolute Gasteiger partial charge is 0.342 e. The van der Waals surface area contributed by atoms with Crippen LogP contribution in [0.5, 0.6) is 0 Å². The van der Waals surface area contributed by atoms with Crippen LogP contribution in [0.4, 0.5) is 10.5 Å². The van der Waals surface area contributed by atoms with E-state index in [4.69, 9.17) is 23.2 Å². The van der Waals surface area contributed by atoms with Crippen LogP contribution in [-0.4, -0.2) is 47.4 Å². The molecule has 7 nitrogen and oxygen atoms in total. The SMILES string of the molecule is O=C(Nc1cc(Cl)ccc1Cl)N[C@H]1C[C@H]2C(=O)N[C@H](Cc3ccccc3)C(=O)N2C1. The van der Waals surface area contributed by atoms with Gasteiger partial charge in [0, 0.05) is 18.0 Å². The topological polar surface area (TPSA) is 90.5 Å². The molecule has 156 valence electrons. The van der Waals surface area contributed by atoms with Crippen molar-refractivity contribution in [2.45, 2.75) is 31.0 Å². The monoisotopic (exact) mass is 446 g/mol. The minimum absolute atomic E-state index is 0.133. The second-order valence-corrected chi connectivity index (χ2v) is 8.26. The van der Waals surface area contributed by atoms with Crippen LogP contribution in [0.15, 0.2) is 48.5 Å². The van der Waals surface area contributed by atoms with E-state index >= 15 is 0 Å². The molecule has 0 saturated carbocycles. The van der Waals surface area contributed by atoms with Crippen LogP contribution in [0.2, 0.25) is 10.0 Å². The van der Waals surface area contributed by atoms with Gasteiger partial charge in [-0.3, -0.25) is 9.59 Å². The summed E-state index contributed by atoms with van der Waals surface area (Å²) in [5.74, 6) is -0.329. The molecule has 0 aliphatic carbocycles. The van der Waals surface area contributed by atoms with Gasteiger partial charge in [0.2, 0.25) is 11.8 Å². The van der Waals surface area contributed by atoms with Gasteiger partial charge < -0.3 is 20.9 Å². The van der Waals surface area contributed by atoms with E-state index < -0.39 is 18.1 Å². The summed E-state index contributed by atoms with van der Waals surface area (Å²) in [6.07, 6.45) is 0.785. The third kappa shape index (κ3) is 4.37. The van der Waals surface area contributed by atoms with Gasteiger partial charge in [0.15, 0.2) is 0 Å². The van der Waals surface area contributed by atoms with Crippen molar-refractivity contribution in [3.63, 3.8) is 0 Å². The quantitative estimate of drug-likeness (QED) is 0.674. The van der Waals surface area contributed by atoms with Gasteiger partial charge in [-0.15, -0.1) is 0 Å². The molecule has 3 N–H and O–H groups in total. The Morgan fingerprint density at radius 1 is 1.13 bits per heavy atom. The average Bonchev–Trinajstić information content (AvgIpc) is 3.14. The number of hydrogen-bond acceptors (Lipinski definition) is 3. The van der Waals surface area contributed by atoms with E-state index in [1.807, 2.05) is 30.3 Å². The minimum Gasteiger partial charge on any atom is -0.342 e. The molecular formula is C21H20Cl2N4O3. The lowest BCUT2D eigenvalue weighted by molar-refractivity contribution is -0.147. The highest BCUT2D eigenvalue weighted by Crippen LogP contribution is 2.26. The molecule has 30 heavy (non-hydrogen) atoms. The van der Waals surface area contributed by atoms with Crippen molar-refractivity contribution in [2.24, 2.45) is 0 Å². The standard InChI is InChI=1S/C21H20Cl2N4O3/c22-13-6-7-15(23)16(9-13)26-21(30)24-14-10-18-19(28)25-17(20(29)27(18)11-14)8-12-4-2-1-3-5-12/h1-7,9,14,17-18H,8,10-11H2,(H,25,28)(H2,24,26,30)/t14-,17+,18-/m0/s1. The van der Waals surface area contributed by atoms with E-state index in [9.17, 15) is 14.4 Å². The van der Waals surface area contributed by atoms with Gasteiger partial charge in [-0.25, -0.2) is 4.79 Å². The minimum atomic E-state index is -0.603. The number of anilines is 1. The lowest BCUT2D eigenvalue weighted by Crippen LogP contribution is -2.61. The van der Waals surface area contributed by atoms with Crippen molar-refractivity contribution in [1.29, 1.82) is 0 Å². The van der Waals surface area contributed by atoms with Gasteiger partial charge in [0.25, 0.3) is 0 Å². The fraction of sp³-hybridized carbons (Fsp3) is 0.286. The lowest BCUT2D eigenvalue weighted by Gasteiger charge is -2.34. The van der Waals surface area contributed by atoms with Crippen molar-refractivity contribution in [3.05, 3.63) is 64.1 Å². The molecule has 0 spiro atoms. The highest BCUT2D eigenvalue weighted by atomic mass is 35.5. The number of benzene rings is 2. The Morgan fingerprint density at radius 2 is 1.90 bits per heavy atom. The number of nitrogens with zero attached hydrogens (tertiary/aromatic N) is 1. The molecule has 4 amide bonds. The zero-order valence-corrected chi connectivity index (χ0v) is 17.4. The van der Waals surface area contributed by atoms with Gasteiger partial charge >= 0.3 is 6.03 Å². The van der Waals surface area contributed by atoms with Crippen molar-refractivity contribution in [2.75, 3.05) is 11.9 Å². The molecule has 0 unspecified atom stereocenters. The molecule has 2 heterocycles. The highest BCUT2D eigenvalue weighted by molar-refractivity contribution is 6.35. The molecule has 0 bridgehead atoms. The number of halogens is 2. The molecule has 0 aromatic heterocycles. The average molecular weight is 447 g/mol. The first-order chi connectivity index (χ1) is 14.4. The predicted octanol–water partition coefficient (Wildman–Crippen LogP) is 2.83. The number of carbonyl (C=O) groups excluding carboxylic acids is 3. The number of piperazine rings is 1. The molecule has 9 heteroatoms. The maximum atomic E-state index is 12.9. The molecule has 2 aliphatic rings. The summed E-state index contributed by atoms with van der Waals surface area (Å²) in [7, 11) is 0.